The van der Waals surface area contributed by atoms with Crippen molar-refractivity contribution in [2.75, 3.05) is 29.8 Å². The van der Waals surface area contributed by atoms with Crippen LogP contribution in [-0.4, -0.2) is 31.9 Å². The Labute approximate surface area is 239 Å². The van der Waals surface area contributed by atoms with E-state index in [9.17, 15) is 14.4 Å². The summed E-state index contributed by atoms with van der Waals surface area (Å²) in [7, 11) is 3.07. The van der Waals surface area contributed by atoms with Gasteiger partial charge in [0.1, 0.15) is 22.1 Å². The van der Waals surface area contributed by atoms with Gasteiger partial charge in [-0.05, 0) is 78.5 Å². The highest BCUT2D eigenvalue weighted by molar-refractivity contribution is 8.04. The first kappa shape index (κ1) is 27.0. The van der Waals surface area contributed by atoms with E-state index >= 15 is 0 Å². The summed E-state index contributed by atoms with van der Waals surface area (Å²) < 4.78 is 10.7. The highest BCUT2D eigenvalue weighted by Gasteiger charge is 2.41. The molecule has 1 aliphatic heterocycles. The van der Waals surface area contributed by atoms with E-state index in [2.05, 4.69) is 10.6 Å². The molecule has 5 rings (SSSR count). The molecule has 0 saturated heterocycles. The molecule has 4 aromatic rings. The molecule has 0 radical (unpaired) electrons. The van der Waals surface area contributed by atoms with Gasteiger partial charge in [-0.1, -0.05) is 30.0 Å². The van der Waals surface area contributed by atoms with Gasteiger partial charge in [0.15, 0.2) is 0 Å². The number of ether oxygens (including phenoxy) is 2. The van der Waals surface area contributed by atoms with Crippen molar-refractivity contribution in [3.8, 4) is 11.5 Å². The lowest BCUT2D eigenvalue weighted by Crippen LogP contribution is -2.32. The number of nitrogens with one attached hydrogen (secondary N) is 2. The maximum Gasteiger partial charge on any atom is 0.283 e. The first-order chi connectivity index (χ1) is 19.4. The van der Waals surface area contributed by atoms with Crippen LogP contribution in [0.25, 0.3) is 0 Å². The number of anilines is 3. The minimum Gasteiger partial charge on any atom is -0.497 e. The van der Waals surface area contributed by atoms with Crippen LogP contribution < -0.4 is 25.0 Å². The predicted octanol–water partition coefficient (Wildman–Crippen LogP) is 6.32. The molecule has 1 aromatic heterocycles. The summed E-state index contributed by atoms with van der Waals surface area (Å²) in [5.74, 6) is -0.142. The molecule has 0 spiro atoms. The van der Waals surface area contributed by atoms with Gasteiger partial charge >= 0.3 is 0 Å². The third-order valence-corrected chi connectivity index (χ3v) is 7.97. The van der Waals surface area contributed by atoms with Crippen LogP contribution in [0.2, 0.25) is 0 Å². The number of benzene rings is 3. The van der Waals surface area contributed by atoms with Crippen molar-refractivity contribution in [1.29, 1.82) is 0 Å². The molecule has 10 heteroatoms. The SMILES string of the molecule is COc1ccc(NC2=C(Sc3cccc(NC(=O)c4cccs4)c3)C(=O)N(c3cc(C)ccc3OC)C2=O)cc1. The number of aryl methyl sites for hydroxylation is 1. The minimum absolute atomic E-state index is 0.136. The van der Waals surface area contributed by atoms with Crippen LogP contribution in [0, 0.1) is 6.92 Å². The van der Waals surface area contributed by atoms with Gasteiger partial charge < -0.3 is 20.1 Å². The molecule has 0 saturated carbocycles. The van der Waals surface area contributed by atoms with Gasteiger partial charge in [0.05, 0.1) is 24.8 Å². The van der Waals surface area contributed by atoms with E-state index in [1.807, 2.05) is 30.5 Å². The van der Waals surface area contributed by atoms with Gasteiger partial charge in [-0.2, -0.15) is 0 Å². The average molecular weight is 572 g/mol. The maximum atomic E-state index is 13.9. The molecule has 1 aliphatic rings. The second-order valence-corrected chi connectivity index (χ2v) is 10.8. The molecule has 40 heavy (non-hydrogen) atoms. The van der Waals surface area contributed by atoms with Gasteiger partial charge in [0.25, 0.3) is 17.7 Å². The minimum atomic E-state index is -0.505. The Bertz CT molecular complexity index is 1610. The Morgan fingerprint density at radius 1 is 0.875 bits per heavy atom. The molecule has 0 aliphatic carbocycles. The van der Waals surface area contributed by atoms with Gasteiger partial charge in [-0.25, -0.2) is 4.90 Å². The van der Waals surface area contributed by atoms with Crippen molar-refractivity contribution in [3.05, 3.63) is 105 Å². The summed E-state index contributed by atoms with van der Waals surface area (Å²) in [6.07, 6.45) is 0. The third kappa shape index (κ3) is 5.58. The quantitative estimate of drug-likeness (QED) is 0.227. The van der Waals surface area contributed by atoms with Crippen LogP contribution in [0.15, 0.2) is 99.7 Å². The van der Waals surface area contributed by atoms with Crippen molar-refractivity contribution in [3.63, 3.8) is 0 Å². The fraction of sp³-hybridized carbons (Fsp3) is 0.100. The molecular weight excluding hydrogens is 546 g/mol. The van der Waals surface area contributed by atoms with E-state index in [4.69, 9.17) is 9.47 Å². The van der Waals surface area contributed by atoms with E-state index in [1.54, 1.807) is 67.8 Å². The summed E-state index contributed by atoms with van der Waals surface area (Å²) in [5, 5.41) is 7.86. The van der Waals surface area contributed by atoms with Crippen LogP contribution in [0.5, 0.6) is 11.5 Å². The summed E-state index contributed by atoms with van der Waals surface area (Å²) >= 11 is 2.49. The first-order valence-electron chi connectivity index (χ1n) is 12.2. The number of methoxy groups -OCH3 is 2. The van der Waals surface area contributed by atoms with E-state index in [0.717, 1.165) is 22.2 Å². The Kier molecular flexibility index (Phi) is 7.90. The number of rotatable bonds is 9. The number of imide groups is 1. The number of amides is 3. The lowest BCUT2D eigenvalue weighted by Gasteiger charge is -2.19. The van der Waals surface area contributed by atoms with Crippen molar-refractivity contribution in [2.24, 2.45) is 0 Å². The Morgan fingerprint density at radius 3 is 2.38 bits per heavy atom. The van der Waals surface area contributed by atoms with Gasteiger partial charge in [-0.15, -0.1) is 11.3 Å². The van der Waals surface area contributed by atoms with Crippen LogP contribution >= 0.6 is 23.1 Å². The number of hydrogen-bond donors (Lipinski definition) is 2. The lowest BCUT2D eigenvalue weighted by molar-refractivity contribution is -0.120. The molecule has 2 N–H and O–H groups in total. The summed E-state index contributed by atoms with van der Waals surface area (Å²) in [5.41, 5.74) is 2.56. The second kappa shape index (κ2) is 11.7. The zero-order chi connectivity index (χ0) is 28.2. The van der Waals surface area contributed by atoms with E-state index in [1.165, 1.54) is 18.4 Å². The normalized spacial score (nSPS) is 13.0. The molecule has 0 bridgehead atoms. The van der Waals surface area contributed by atoms with Crippen molar-refractivity contribution < 1.29 is 23.9 Å². The third-order valence-electron chi connectivity index (χ3n) is 6.03. The van der Waals surface area contributed by atoms with Crippen molar-refractivity contribution in [1.82, 2.24) is 0 Å². The number of carbonyl (C=O) groups excluding carboxylic acids is 3. The molecule has 8 nitrogen and oxygen atoms in total. The maximum absolute atomic E-state index is 13.9. The molecule has 0 unspecified atom stereocenters. The summed E-state index contributed by atoms with van der Waals surface area (Å²) in [4.78, 5) is 42.8. The summed E-state index contributed by atoms with van der Waals surface area (Å²) in [6.45, 7) is 1.88. The molecule has 3 amide bonds. The topological polar surface area (TPSA) is 97.0 Å². The number of thioether (sulfide) groups is 1. The molecule has 3 aromatic carbocycles. The first-order valence-corrected chi connectivity index (χ1v) is 13.9. The highest BCUT2D eigenvalue weighted by Crippen LogP contribution is 2.41. The zero-order valence-electron chi connectivity index (χ0n) is 21.9. The zero-order valence-corrected chi connectivity index (χ0v) is 23.5. The fourth-order valence-electron chi connectivity index (χ4n) is 4.08. The van der Waals surface area contributed by atoms with E-state index in [-0.39, 0.29) is 16.5 Å². The number of nitrogens with zero attached hydrogens (tertiary/aromatic N) is 1. The molecule has 202 valence electrons. The average Bonchev–Trinajstić information content (AvgIpc) is 3.57. The Balaban J connectivity index is 1.50. The smallest absolute Gasteiger partial charge is 0.283 e. The second-order valence-electron chi connectivity index (χ2n) is 8.74. The molecule has 0 atom stereocenters. The highest BCUT2D eigenvalue weighted by atomic mass is 32.2. The fourth-order valence-corrected chi connectivity index (χ4v) is 5.69. The monoisotopic (exact) mass is 571 g/mol. The number of carbonyl (C=O) groups is 3. The largest absolute Gasteiger partial charge is 0.497 e. The van der Waals surface area contributed by atoms with Crippen LogP contribution in [0.3, 0.4) is 0 Å². The number of hydrogen-bond acceptors (Lipinski definition) is 8. The van der Waals surface area contributed by atoms with Crippen LogP contribution in [0.4, 0.5) is 17.1 Å². The van der Waals surface area contributed by atoms with Gasteiger partial charge in [0, 0.05) is 16.3 Å². The number of thiophene rings is 1. The predicted molar refractivity (Wildman–Crippen MR) is 158 cm³/mol. The van der Waals surface area contributed by atoms with Gasteiger partial charge in [0.2, 0.25) is 0 Å². The van der Waals surface area contributed by atoms with E-state index in [0.29, 0.717) is 38.3 Å². The van der Waals surface area contributed by atoms with Crippen LogP contribution in [-0.2, 0) is 9.59 Å². The standard InChI is InChI=1S/C30H25N3O5S2/c1-18-9-14-24(38-3)23(16-18)33-29(35)26(31-19-10-12-21(37-2)13-11-19)27(30(33)36)40-22-7-4-6-20(17-22)32-28(34)25-8-5-15-39-25/h4-17,31H,1-3H3,(H,32,34). The van der Waals surface area contributed by atoms with Gasteiger partial charge in [-0.3, -0.25) is 14.4 Å². The van der Waals surface area contributed by atoms with E-state index < -0.39 is 11.8 Å². The Hall–Kier alpha value is -4.54. The Morgan fingerprint density at radius 2 is 1.68 bits per heavy atom. The van der Waals surface area contributed by atoms with Crippen molar-refractivity contribution >= 4 is 57.9 Å². The lowest BCUT2D eigenvalue weighted by atomic mass is 10.2. The molecular formula is C30H25N3O5S2. The molecule has 0 fully saturated rings. The van der Waals surface area contributed by atoms with Crippen LogP contribution in [0.1, 0.15) is 15.2 Å². The molecule has 2 heterocycles. The van der Waals surface area contributed by atoms with Crippen molar-refractivity contribution in [2.45, 2.75) is 11.8 Å². The summed E-state index contributed by atoms with van der Waals surface area (Å²) in [6, 6.07) is 23.1.